The second-order valence-corrected chi connectivity index (χ2v) is 15.2. The van der Waals surface area contributed by atoms with Crippen molar-refractivity contribution in [1.29, 1.82) is 0 Å². The zero-order chi connectivity index (χ0) is 35.3. The van der Waals surface area contributed by atoms with Gasteiger partial charge in [0, 0.05) is 58.8 Å². The molecule has 2 amide bonds. The maximum atomic E-state index is 13.5. The number of H-pyrrole nitrogens is 2. The summed E-state index contributed by atoms with van der Waals surface area (Å²) in [7, 11) is 0. The highest BCUT2D eigenvalue weighted by Gasteiger charge is 2.41. The summed E-state index contributed by atoms with van der Waals surface area (Å²) in [4.78, 5) is 40.6. The van der Waals surface area contributed by atoms with Crippen LogP contribution >= 0.6 is 0 Å². The quantitative estimate of drug-likeness (QED) is 0.140. The Morgan fingerprint density at radius 1 is 0.596 bits per heavy atom. The van der Waals surface area contributed by atoms with Gasteiger partial charge in [-0.3, -0.25) is 9.59 Å². The van der Waals surface area contributed by atoms with Crippen LogP contribution in [0, 0.1) is 35.3 Å². The Kier molecular flexibility index (Phi) is 8.32. The average molecular weight is 699 g/mol. The standard InChI is InChI=1S/2C21H20FN3O/c2*22-16-3-1-2-13(8-16)15-9-17-18(11-24-20(17)23-10-15)21(26)25-19-7-12-4-5-14(19)6-12/h2*1-3,8-12,14,19H,4-7H2,(H,23,24)(H,25,26). The normalized spacial score (nSPS) is 24.3. The molecule has 6 atom stereocenters. The van der Waals surface area contributed by atoms with Crippen molar-refractivity contribution in [3.05, 3.63) is 108 Å². The highest BCUT2D eigenvalue weighted by Crippen LogP contribution is 2.45. The van der Waals surface area contributed by atoms with Crippen molar-refractivity contribution in [2.75, 3.05) is 0 Å². The van der Waals surface area contributed by atoms with Crippen LogP contribution in [0.2, 0.25) is 0 Å². The zero-order valence-electron chi connectivity index (χ0n) is 28.7. The summed E-state index contributed by atoms with van der Waals surface area (Å²) in [6.45, 7) is 0. The molecule has 2 aromatic carbocycles. The van der Waals surface area contributed by atoms with Crippen molar-refractivity contribution < 1.29 is 18.4 Å². The summed E-state index contributed by atoms with van der Waals surface area (Å²) in [5.41, 5.74) is 5.64. The molecule has 4 saturated carbocycles. The van der Waals surface area contributed by atoms with Crippen molar-refractivity contribution in [3.8, 4) is 22.3 Å². The molecular weight excluding hydrogens is 658 g/mol. The van der Waals surface area contributed by atoms with Gasteiger partial charge >= 0.3 is 0 Å². The molecule has 0 spiro atoms. The molecule has 4 bridgehead atoms. The van der Waals surface area contributed by atoms with Crippen molar-refractivity contribution in [3.63, 3.8) is 0 Å². The predicted octanol–water partition coefficient (Wildman–Crippen LogP) is 8.57. The fourth-order valence-electron chi connectivity index (χ4n) is 9.37. The molecule has 4 N–H and O–H groups in total. The Bertz CT molecular complexity index is 2150. The molecule has 6 aromatic rings. The van der Waals surface area contributed by atoms with Crippen LogP contribution < -0.4 is 10.6 Å². The van der Waals surface area contributed by atoms with Gasteiger partial charge in [-0.15, -0.1) is 0 Å². The molecule has 0 saturated heterocycles. The molecular formula is C42H40F2N6O2. The van der Waals surface area contributed by atoms with E-state index in [1.165, 1.54) is 62.8 Å². The monoisotopic (exact) mass is 698 g/mol. The summed E-state index contributed by atoms with van der Waals surface area (Å²) >= 11 is 0. The minimum atomic E-state index is -0.286. The number of carbonyl (C=O) groups excluding carboxylic acids is 2. The number of amides is 2. The fraction of sp³-hybridized carbons (Fsp3) is 0.333. The molecule has 52 heavy (non-hydrogen) atoms. The first-order valence-electron chi connectivity index (χ1n) is 18.4. The number of rotatable bonds is 6. The lowest BCUT2D eigenvalue weighted by atomic mass is 9.95. The minimum Gasteiger partial charge on any atom is -0.349 e. The van der Waals surface area contributed by atoms with E-state index in [-0.39, 0.29) is 23.4 Å². The Morgan fingerprint density at radius 2 is 1.06 bits per heavy atom. The average Bonchev–Trinajstić information content (AvgIpc) is 4.01. The first-order chi connectivity index (χ1) is 25.3. The molecule has 4 aliphatic carbocycles. The number of aromatic nitrogens is 4. The molecule has 264 valence electrons. The SMILES string of the molecule is O=C(NC1CC2CCC1C2)c1c[nH]c2ncc(-c3cccc(F)c3)cc12.O=C(NC1CC2CCC1C2)c1c[nH]c2ncc(-c3cccc(F)c3)cc12. The number of hydrogen-bond acceptors (Lipinski definition) is 4. The number of nitrogens with zero attached hydrogens (tertiary/aromatic N) is 2. The minimum absolute atomic E-state index is 0.0491. The third-order valence-corrected chi connectivity index (χ3v) is 12.0. The van der Waals surface area contributed by atoms with E-state index in [4.69, 9.17) is 0 Å². The van der Waals surface area contributed by atoms with Crippen LogP contribution in [-0.4, -0.2) is 43.8 Å². The third kappa shape index (κ3) is 6.24. The van der Waals surface area contributed by atoms with Gasteiger partial charge in [0.25, 0.3) is 11.8 Å². The first kappa shape index (κ1) is 32.5. The number of halogens is 2. The van der Waals surface area contributed by atoms with Crippen molar-refractivity contribution in [2.45, 2.75) is 63.5 Å². The van der Waals surface area contributed by atoms with E-state index in [9.17, 15) is 18.4 Å². The first-order valence-corrected chi connectivity index (χ1v) is 18.4. The largest absolute Gasteiger partial charge is 0.349 e. The molecule has 4 heterocycles. The lowest BCUT2D eigenvalue weighted by Gasteiger charge is -2.22. The molecule has 10 heteroatoms. The highest BCUT2D eigenvalue weighted by atomic mass is 19.1. The summed E-state index contributed by atoms with van der Waals surface area (Å²) in [6, 6.07) is 17.2. The van der Waals surface area contributed by atoms with Gasteiger partial charge in [-0.2, -0.15) is 0 Å². The Hall–Kier alpha value is -5.38. The molecule has 8 nitrogen and oxygen atoms in total. The van der Waals surface area contributed by atoms with E-state index in [0.29, 0.717) is 46.3 Å². The van der Waals surface area contributed by atoms with Crippen LogP contribution in [0.15, 0.2) is 85.5 Å². The number of nitrogens with one attached hydrogen (secondary N) is 4. The molecule has 4 aromatic heterocycles. The predicted molar refractivity (Wildman–Crippen MR) is 196 cm³/mol. The molecule has 0 radical (unpaired) electrons. The molecule has 10 rings (SSSR count). The number of hydrogen-bond donors (Lipinski definition) is 4. The van der Waals surface area contributed by atoms with E-state index in [0.717, 1.165) is 57.7 Å². The van der Waals surface area contributed by atoms with E-state index < -0.39 is 0 Å². The van der Waals surface area contributed by atoms with Crippen LogP contribution in [0.3, 0.4) is 0 Å². The second-order valence-electron chi connectivity index (χ2n) is 15.2. The maximum absolute atomic E-state index is 13.5. The van der Waals surface area contributed by atoms with Gasteiger partial charge in [-0.1, -0.05) is 37.1 Å². The van der Waals surface area contributed by atoms with Gasteiger partial charge < -0.3 is 20.6 Å². The van der Waals surface area contributed by atoms with Crippen molar-refractivity contribution in [1.82, 2.24) is 30.6 Å². The number of aromatic amines is 2. The second kappa shape index (κ2) is 13.3. The van der Waals surface area contributed by atoms with E-state index in [2.05, 4.69) is 30.6 Å². The van der Waals surface area contributed by atoms with Crippen molar-refractivity contribution >= 4 is 33.9 Å². The lowest BCUT2D eigenvalue weighted by Crippen LogP contribution is -2.38. The maximum Gasteiger partial charge on any atom is 0.253 e. The van der Waals surface area contributed by atoms with Crippen molar-refractivity contribution in [2.24, 2.45) is 23.7 Å². The number of pyridine rings is 2. The van der Waals surface area contributed by atoms with E-state index >= 15 is 0 Å². The number of benzene rings is 2. The van der Waals surface area contributed by atoms with E-state index in [1.54, 1.807) is 36.9 Å². The van der Waals surface area contributed by atoms with Crippen LogP contribution in [0.25, 0.3) is 44.3 Å². The van der Waals surface area contributed by atoms with Crippen LogP contribution in [0.4, 0.5) is 8.78 Å². The van der Waals surface area contributed by atoms with Gasteiger partial charge in [0.1, 0.15) is 22.9 Å². The van der Waals surface area contributed by atoms with Gasteiger partial charge in [0.2, 0.25) is 0 Å². The van der Waals surface area contributed by atoms with Gasteiger partial charge in [0.05, 0.1) is 11.1 Å². The smallest absolute Gasteiger partial charge is 0.253 e. The van der Waals surface area contributed by atoms with Crippen LogP contribution in [-0.2, 0) is 0 Å². The van der Waals surface area contributed by atoms with Crippen LogP contribution in [0.5, 0.6) is 0 Å². The summed E-state index contributed by atoms with van der Waals surface area (Å²) in [5, 5.41) is 7.99. The number of fused-ring (bicyclic) bond motifs is 6. The zero-order valence-corrected chi connectivity index (χ0v) is 28.7. The lowest BCUT2D eigenvalue weighted by molar-refractivity contribution is 0.0916. The Balaban J connectivity index is 0.000000138. The van der Waals surface area contributed by atoms with E-state index in [1.807, 2.05) is 24.3 Å². The summed E-state index contributed by atoms with van der Waals surface area (Å²) in [5.74, 6) is 2.17. The highest BCUT2D eigenvalue weighted by molar-refractivity contribution is 6.07. The number of carbonyl (C=O) groups is 2. The summed E-state index contributed by atoms with van der Waals surface area (Å²) < 4.78 is 27.0. The van der Waals surface area contributed by atoms with Gasteiger partial charge in [-0.05, 0) is 110 Å². The Labute approximate surface area is 299 Å². The topological polar surface area (TPSA) is 116 Å². The fourth-order valence-corrected chi connectivity index (χ4v) is 9.37. The van der Waals surface area contributed by atoms with Gasteiger partial charge in [0.15, 0.2) is 0 Å². The third-order valence-electron chi connectivity index (χ3n) is 12.0. The molecule has 4 aliphatic rings. The van der Waals surface area contributed by atoms with Crippen LogP contribution in [0.1, 0.15) is 72.1 Å². The molecule has 6 unspecified atom stereocenters. The van der Waals surface area contributed by atoms with Gasteiger partial charge in [-0.25, -0.2) is 18.7 Å². The molecule has 4 fully saturated rings. The Morgan fingerprint density at radius 3 is 1.44 bits per heavy atom. The summed E-state index contributed by atoms with van der Waals surface area (Å²) in [6.07, 6.45) is 16.6. The molecule has 0 aliphatic heterocycles.